The molecule has 0 aliphatic rings. The van der Waals surface area contributed by atoms with Crippen LogP contribution >= 0.6 is 0 Å². The Bertz CT molecular complexity index is 274. The van der Waals surface area contributed by atoms with Gasteiger partial charge < -0.3 is 0 Å². The van der Waals surface area contributed by atoms with Gasteiger partial charge in [0.25, 0.3) is 0 Å². The average Bonchev–Trinajstić information content (AvgIpc) is 2.37. The van der Waals surface area contributed by atoms with Crippen LogP contribution in [-0.2, 0) is 6.42 Å². The quantitative estimate of drug-likeness (QED) is 0.543. The van der Waals surface area contributed by atoms with E-state index in [0.717, 1.165) is 0 Å². The molecule has 0 bridgehead atoms. The lowest BCUT2D eigenvalue weighted by molar-refractivity contribution is 0.713. The fourth-order valence-corrected chi connectivity index (χ4v) is 2.16. The van der Waals surface area contributed by atoms with Crippen molar-refractivity contribution in [2.45, 2.75) is 81.1 Å². The van der Waals surface area contributed by atoms with Crippen LogP contribution in [-0.4, -0.2) is 0 Å². The fourth-order valence-electron chi connectivity index (χ4n) is 2.16. The van der Waals surface area contributed by atoms with Crippen molar-refractivity contribution in [2.75, 3.05) is 0 Å². The van der Waals surface area contributed by atoms with Crippen molar-refractivity contribution in [1.82, 2.24) is 0 Å². The zero-order valence-electron chi connectivity index (χ0n) is 14.0. The summed E-state index contributed by atoms with van der Waals surface area (Å²) in [6, 6.07) is 4.60. The Hall–Kier alpha value is -0.780. The van der Waals surface area contributed by atoms with Crippen LogP contribution < -0.4 is 0 Å². The Morgan fingerprint density at radius 1 is 0.778 bits per heavy atom. The van der Waals surface area contributed by atoms with Crippen molar-refractivity contribution < 1.29 is 0 Å². The van der Waals surface area contributed by atoms with E-state index in [4.69, 9.17) is 0 Å². The summed E-state index contributed by atoms with van der Waals surface area (Å²) < 4.78 is 0. The summed E-state index contributed by atoms with van der Waals surface area (Å²) in [6.07, 6.45) is 5.25. The molecule has 106 valence electrons. The molecule has 0 nitrogen and oxygen atoms in total. The molecule has 0 unspecified atom stereocenters. The molecule has 1 aromatic carbocycles. The minimum absolute atomic E-state index is 1.26. The number of aryl methyl sites for hydroxylation is 3. The van der Waals surface area contributed by atoms with Crippen LogP contribution in [0.25, 0.3) is 0 Å². The smallest absolute Gasteiger partial charge is 0.0274 e. The van der Waals surface area contributed by atoms with Crippen molar-refractivity contribution >= 4 is 0 Å². The molecule has 1 rings (SSSR count). The molecule has 1 aromatic rings. The van der Waals surface area contributed by atoms with Gasteiger partial charge in [0.2, 0.25) is 0 Å². The number of rotatable bonds is 4. The van der Waals surface area contributed by atoms with Gasteiger partial charge in [0, 0.05) is 0 Å². The summed E-state index contributed by atoms with van der Waals surface area (Å²) in [5.74, 6) is 0. The molecule has 18 heavy (non-hydrogen) atoms. The Kier molecular flexibility index (Phi) is 13.8. The van der Waals surface area contributed by atoms with Gasteiger partial charge in [-0.1, -0.05) is 65.2 Å². The van der Waals surface area contributed by atoms with Crippen molar-refractivity contribution in [1.29, 1.82) is 0 Å². The van der Waals surface area contributed by atoms with Crippen molar-refractivity contribution in [3.05, 3.63) is 34.4 Å². The molecule has 0 amide bonds. The summed E-state index contributed by atoms with van der Waals surface area (Å²) >= 11 is 0. The molecule has 0 saturated heterocycles. The molecule has 0 aliphatic carbocycles. The number of hydrogen-bond donors (Lipinski definition) is 0. The molecule has 0 aromatic heterocycles. The van der Waals surface area contributed by atoms with Crippen molar-refractivity contribution in [2.24, 2.45) is 0 Å². The summed E-state index contributed by atoms with van der Waals surface area (Å²) in [7, 11) is 0. The third-order valence-corrected chi connectivity index (χ3v) is 2.87. The highest BCUT2D eigenvalue weighted by Crippen LogP contribution is 2.18. The Balaban J connectivity index is 0. The van der Waals surface area contributed by atoms with Gasteiger partial charge in [0.05, 0.1) is 0 Å². The topological polar surface area (TPSA) is 0 Å². The minimum atomic E-state index is 1.26. The first-order valence-electron chi connectivity index (χ1n) is 7.72. The minimum Gasteiger partial charge on any atom is -0.0683 e. The lowest BCUT2D eigenvalue weighted by atomic mass is 9.95. The van der Waals surface area contributed by atoms with E-state index in [1.165, 1.54) is 42.4 Å². The van der Waals surface area contributed by atoms with Crippen LogP contribution in [0, 0.1) is 20.8 Å². The zero-order chi connectivity index (χ0) is 14.6. The van der Waals surface area contributed by atoms with E-state index < -0.39 is 0 Å². The standard InChI is InChI=1S/C14H22.2C2H6/c1-5-6-7-8-14-12(3)9-11(2)10-13(14)4;2*1-2/h9-10H,5-8H2,1-4H3;2*1-2H3. The van der Waals surface area contributed by atoms with E-state index in [1.54, 1.807) is 5.56 Å². The first kappa shape index (κ1) is 19.6. The molecule has 0 heterocycles. The van der Waals surface area contributed by atoms with E-state index in [1.807, 2.05) is 27.7 Å². The molecule has 0 radical (unpaired) electrons. The summed E-state index contributed by atoms with van der Waals surface area (Å²) in [4.78, 5) is 0. The van der Waals surface area contributed by atoms with Crippen LogP contribution in [0.15, 0.2) is 12.1 Å². The van der Waals surface area contributed by atoms with Crippen LogP contribution in [0.5, 0.6) is 0 Å². The monoisotopic (exact) mass is 250 g/mol. The summed E-state index contributed by atoms with van der Waals surface area (Å²) in [5.41, 5.74) is 5.90. The van der Waals surface area contributed by atoms with E-state index in [-0.39, 0.29) is 0 Å². The molecule has 0 fully saturated rings. The molecule has 0 N–H and O–H groups in total. The largest absolute Gasteiger partial charge is 0.0683 e. The van der Waals surface area contributed by atoms with E-state index in [9.17, 15) is 0 Å². The maximum Gasteiger partial charge on any atom is -0.0274 e. The van der Waals surface area contributed by atoms with Gasteiger partial charge in [-0.3, -0.25) is 0 Å². The van der Waals surface area contributed by atoms with Crippen LogP contribution in [0.3, 0.4) is 0 Å². The zero-order valence-corrected chi connectivity index (χ0v) is 14.0. The van der Waals surface area contributed by atoms with Gasteiger partial charge in [0.15, 0.2) is 0 Å². The van der Waals surface area contributed by atoms with Gasteiger partial charge in [-0.25, -0.2) is 0 Å². The Morgan fingerprint density at radius 3 is 1.61 bits per heavy atom. The van der Waals surface area contributed by atoms with Gasteiger partial charge >= 0.3 is 0 Å². The molecule has 0 spiro atoms. The first-order chi connectivity index (χ1) is 8.65. The van der Waals surface area contributed by atoms with Crippen LogP contribution in [0.4, 0.5) is 0 Å². The second-order valence-corrected chi connectivity index (χ2v) is 4.33. The molecular formula is C18H34. The molecule has 0 atom stereocenters. The van der Waals surface area contributed by atoms with Gasteiger partial charge in [-0.15, -0.1) is 0 Å². The first-order valence-corrected chi connectivity index (χ1v) is 7.72. The average molecular weight is 250 g/mol. The lowest BCUT2D eigenvalue weighted by Gasteiger charge is -2.10. The van der Waals surface area contributed by atoms with Gasteiger partial charge in [0.1, 0.15) is 0 Å². The van der Waals surface area contributed by atoms with Gasteiger partial charge in [-0.2, -0.15) is 0 Å². The third-order valence-electron chi connectivity index (χ3n) is 2.87. The van der Waals surface area contributed by atoms with E-state index in [2.05, 4.69) is 39.8 Å². The van der Waals surface area contributed by atoms with Gasteiger partial charge in [-0.05, 0) is 50.3 Å². The maximum atomic E-state index is 2.30. The second kappa shape index (κ2) is 12.7. The van der Waals surface area contributed by atoms with E-state index >= 15 is 0 Å². The second-order valence-electron chi connectivity index (χ2n) is 4.33. The number of benzene rings is 1. The molecule has 0 aliphatic heterocycles. The fraction of sp³-hybridized carbons (Fsp3) is 0.667. The highest BCUT2D eigenvalue weighted by Gasteiger charge is 2.02. The summed E-state index contributed by atoms with van der Waals surface area (Å²) in [5, 5.41) is 0. The predicted octanol–water partition coefficient (Wildman–Crippen LogP) is 6.40. The lowest BCUT2D eigenvalue weighted by Crippen LogP contribution is -1.95. The third kappa shape index (κ3) is 7.53. The van der Waals surface area contributed by atoms with Crippen LogP contribution in [0.2, 0.25) is 0 Å². The van der Waals surface area contributed by atoms with Crippen molar-refractivity contribution in [3.63, 3.8) is 0 Å². The molecular weight excluding hydrogens is 216 g/mol. The molecule has 0 heteroatoms. The van der Waals surface area contributed by atoms with E-state index in [0.29, 0.717) is 0 Å². The Labute approximate surface area is 116 Å². The number of unbranched alkanes of at least 4 members (excludes halogenated alkanes) is 2. The number of hydrogen-bond acceptors (Lipinski definition) is 0. The highest BCUT2D eigenvalue weighted by molar-refractivity contribution is 5.37. The SMILES string of the molecule is CC.CC.CCCCCc1c(C)cc(C)cc1C. The summed E-state index contributed by atoms with van der Waals surface area (Å²) in [6.45, 7) is 16.9. The Morgan fingerprint density at radius 2 is 1.22 bits per heavy atom. The van der Waals surface area contributed by atoms with Crippen molar-refractivity contribution in [3.8, 4) is 0 Å². The maximum absolute atomic E-state index is 2.30. The van der Waals surface area contributed by atoms with Crippen LogP contribution in [0.1, 0.15) is 76.1 Å². The predicted molar refractivity (Wildman–Crippen MR) is 86.6 cm³/mol. The molecule has 0 saturated carbocycles. The normalized spacial score (nSPS) is 8.89. The highest BCUT2D eigenvalue weighted by atomic mass is 14.1.